The SMILES string of the molecule is COc1cc([C@H]2c3sc(=O)[nH]c3SC3C4CC(C5C(=O)N(C(CC(C)C)C(=O)O)C(=O)C45)C32)ccc1O. The fraction of sp³-hybridized carbons (Fsp3) is 0.538. The number of carboxylic acid groups (broad SMARTS) is 1. The number of aromatic nitrogens is 1. The van der Waals surface area contributed by atoms with E-state index >= 15 is 0 Å². The average molecular weight is 545 g/mol. The zero-order valence-electron chi connectivity index (χ0n) is 20.5. The van der Waals surface area contributed by atoms with Crippen molar-refractivity contribution in [2.45, 2.75) is 48.9 Å². The predicted molar refractivity (Wildman–Crippen MR) is 136 cm³/mol. The van der Waals surface area contributed by atoms with Crippen LogP contribution in [0.15, 0.2) is 28.0 Å². The lowest BCUT2D eigenvalue weighted by Gasteiger charge is -2.43. The Morgan fingerprint density at radius 3 is 2.54 bits per heavy atom. The van der Waals surface area contributed by atoms with Gasteiger partial charge in [0, 0.05) is 16.0 Å². The molecule has 9 nitrogen and oxygen atoms in total. The van der Waals surface area contributed by atoms with Crippen molar-refractivity contribution in [1.29, 1.82) is 0 Å². The fourth-order valence-corrected chi connectivity index (χ4v) is 10.3. The summed E-state index contributed by atoms with van der Waals surface area (Å²) in [5, 5.41) is 20.9. The maximum absolute atomic E-state index is 13.8. The highest BCUT2D eigenvalue weighted by Crippen LogP contribution is 2.68. The highest BCUT2D eigenvalue weighted by atomic mass is 32.2. The van der Waals surface area contributed by atoms with Gasteiger partial charge < -0.3 is 19.9 Å². The number of aromatic amines is 1. The van der Waals surface area contributed by atoms with Crippen LogP contribution in [0.1, 0.15) is 43.0 Å². The zero-order valence-corrected chi connectivity index (χ0v) is 22.2. The number of carbonyl (C=O) groups is 3. The number of carboxylic acids is 1. The molecule has 1 aromatic carbocycles. The van der Waals surface area contributed by atoms with Gasteiger partial charge in [0.15, 0.2) is 11.5 Å². The van der Waals surface area contributed by atoms with Gasteiger partial charge in [-0.25, -0.2) is 4.79 Å². The summed E-state index contributed by atoms with van der Waals surface area (Å²) in [6.07, 6.45) is 0.938. The summed E-state index contributed by atoms with van der Waals surface area (Å²) in [5.41, 5.74) is 0.877. The van der Waals surface area contributed by atoms with E-state index in [-0.39, 0.29) is 63.7 Å². The van der Waals surface area contributed by atoms with Crippen molar-refractivity contribution in [1.82, 2.24) is 9.88 Å². The minimum atomic E-state index is -1.16. The van der Waals surface area contributed by atoms with Gasteiger partial charge in [-0.15, -0.1) is 11.8 Å². The number of amides is 2. The molecule has 3 N–H and O–H groups in total. The summed E-state index contributed by atoms with van der Waals surface area (Å²) >= 11 is 2.73. The molecule has 3 fully saturated rings. The number of methoxy groups -OCH3 is 1. The number of hydrogen-bond donors (Lipinski definition) is 3. The first-order valence-corrected chi connectivity index (χ1v) is 14.2. The van der Waals surface area contributed by atoms with Gasteiger partial charge >= 0.3 is 10.8 Å². The smallest absolute Gasteiger partial charge is 0.326 e. The number of carbonyl (C=O) groups excluding carboxylic acids is 2. The molecule has 2 aromatic rings. The molecule has 2 bridgehead atoms. The maximum atomic E-state index is 13.8. The third-order valence-corrected chi connectivity index (χ3v) is 11.2. The average Bonchev–Trinajstić information content (AvgIpc) is 3.57. The molecule has 1 aromatic heterocycles. The largest absolute Gasteiger partial charge is 0.504 e. The van der Waals surface area contributed by atoms with Crippen LogP contribution in [0.5, 0.6) is 11.5 Å². The van der Waals surface area contributed by atoms with Crippen LogP contribution in [-0.4, -0.2) is 56.3 Å². The molecule has 6 rings (SSSR count). The molecule has 2 amide bonds. The Labute approximate surface area is 221 Å². The number of rotatable bonds is 6. The minimum absolute atomic E-state index is 0.00104. The number of imide groups is 1. The third kappa shape index (κ3) is 3.49. The fourth-order valence-electron chi connectivity index (χ4n) is 7.37. The number of nitrogens with one attached hydrogen (secondary N) is 1. The molecule has 4 aliphatic rings. The second-order valence-corrected chi connectivity index (χ2v) is 13.1. The number of likely N-dealkylation sites (tertiary alicyclic amines) is 1. The highest BCUT2D eigenvalue weighted by molar-refractivity contribution is 8.00. The monoisotopic (exact) mass is 544 g/mol. The molecule has 8 atom stereocenters. The number of phenols is 1. The topological polar surface area (TPSA) is 137 Å². The summed E-state index contributed by atoms with van der Waals surface area (Å²) < 4.78 is 5.36. The van der Waals surface area contributed by atoms with Gasteiger partial charge in [-0.2, -0.15) is 0 Å². The van der Waals surface area contributed by atoms with Gasteiger partial charge in [0.1, 0.15) is 6.04 Å². The predicted octanol–water partition coefficient (Wildman–Crippen LogP) is 3.12. The first-order chi connectivity index (χ1) is 17.6. The van der Waals surface area contributed by atoms with Crippen molar-refractivity contribution >= 4 is 40.9 Å². The zero-order chi connectivity index (χ0) is 26.3. The lowest BCUT2D eigenvalue weighted by Crippen LogP contribution is -2.47. The number of hydrogen-bond acceptors (Lipinski definition) is 8. The molecule has 0 radical (unpaired) electrons. The molecule has 0 spiro atoms. The molecule has 196 valence electrons. The van der Waals surface area contributed by atoms with Gasteiger partial charge in [-0.05, 0) is 54.2 Å². The van der Waals surface area contributed by atoms with Crippen LogP contribution in [-0.2, 0) is 14.4 Å². The van der Waals surface area contributed by atoms with Crippen LogP contribution in [0, 0.1) is 35.5 Å². The van der Waals surface area contributed by atoms with E-state index in [9.17, 15) is 29.4 Å². The van der Waals surface area contributed by atoms with E-state index < -0.39 is 23.8 Å². The number of H-pyrrole nitrogens is 1. The normalized spacial score (nSPS) is 32.4. The van der Waals surface area contributed by atoms with E-state index in [0.29, 0.717) is 5.75 Å². The van der Waals surface area contributed by atoms with Crippen LogP contribution in [0.3, 0.4) is 0 Å². The van der Waals surface area contributed by atoms with Gasteiger partial charge in [-0.1, -0.05) is 31.3 Å². The van der Waals surface area contributed by atoms with Gasteiger partial charge in [0.25, 0.3) is 0 Å². The van der Waals surface area contributed by atoms with E-state index in [0.717, 1.165) is 38.1 Å². The van der Waals surface area contributed by atoms with E-state index in [4.69, 9.17) is 4.74 Å². The molecular formula is C26H28N2O7S2. The number of ether oxygens (including phenoxy) is 1. The Bertz CT molecular complexity index is 1370. The third-order valence-electron chi connectivity index (χ3n) is 8.61. The van der Waals surface area contributed by atoms with Crippen molar-refractivity contribution in [2.75, 3.05) is 7.11 Å². The quantitative estimate of drug-likeness (QED) is 0.472. The van der Waals surface area contributed by atoms with Crippen LogP contribution in [0.25, 0.3) is 0 Å². The van der Waals surface area contributed by atoms with Crippen molar-refractivity contribution in [3.8, 4) is 11.5 Å². The molecule has 11 heteroatoms. The van der Waals surface area contributed by atoms with Crippen molar-refractivity contribution in [2.24, 2.45) is 35.5 Å². The number of thioether (sulfide) groups is 1. The van der Waals surface area contributed by atoms with Crippen LogP contribution in [0.4, 0.5) is 0 Å². The molecule has 2 aliphatic carbocycles. The summed E-state index contributed by atoms with van der Waals surface area (Å²) in [4.78, 5) is 56.7. The van der Waals surface area contributed by atoms with E-state index in [1.165, 1.54) is 7.11 Å². The number of aromatic hydroxyl groups is 1. The Hall–Kier alpha value is -2.79. The van der Waals surface area contributed by atoms with Crippen LogP contribution >= 0.6 is 23.1 Å². The molecule has 37 heavy (non-hydrogen) atoms. The number of phenolic OH excluding ortho intramolecular Hbond substituents is 1. The van der Waals surface area contributed by atoms with Gasteiger partial charge in [-0.3, -0.25) is 19.3 Å². The number of nitrogens with zero attached hydrogens (tertiary/aromatic N) is 1. The van der Waals surface area contributed by atoms with Gasteiger partial charge in [0.05, 0.1) is 24.0 Å². The second-order valence-electron chi connectivity index (χ2n) is 10.9. The van der Waals surface area contributed by atoms with Crippen LogP contribution < -0.4 is 9.61 Å². The Kier molecular flexibility index (Phi) is 5.72. The summed E-state index contributed by atoms with van der Waals surface area (Å²) in [7, 11) is 1.48. The number of thiazole rings is 1. The Morgan fingerprint density at radius 1 is 1.19 bits per heavy atom. The van der Waals surface area contributed by atoms with E-state index in [2.05, 4.69) is 4.98 Å². The van der Waals surface area contributed by atoms with Crippen LogP contribution in [0.2, 0.25) is 0 Å². The van der Waals surface area contributed by atoms with Crippen molar-refractivity contribution < 1.29 is 29.3 Å². The molecular weight excluding hydrogens is 516 g/mol. The highest BCUT2D eigenvalue weighted by Gasteiger charge is 2.70. The van der Waals surface area contributed by atoms with E-state index in [1.54, 1.807) is 23.9 Å². The lowest BCUT2D eigenvalue weighted by molar-refractivity contribution is -0.156. The summed E-state index contributed by atoms with van der Waals surface area (Å²) in [6, 6.07) is 4.02. The van der Waals surface area contributed by atoms with Crippen molar-refractivity contribution in [3.63, 3.8) is 0 Å². The van der Waals surface area contributed by atoms with E-state index in [1.807, 2.05) is 19.9 Å². The molecule has 2 aliphatic heterocycles. The lowest BCUT2D eigenvalue weighted by atomic mass is 9.68. The number of benzene rings is 1. The molecule has 2 saturated carbocycles. The summed E-state index contributed by atoms with van der Waals surface area (Å²) in [5.74, 6) is -3.02. The first kappa shape index (κ1) is 24.5. The Morgan fingerprint density at radius 2 is 1.89 bits per heavy atom. The standard InChI is InChI=1S/C26H28N2O7S2/c1-9(2)6-13(25(32)33)28-23(30)18-11-8-12(19(18)24(28)31)20-17(11)16(21-22(36-20)27-26(34)37-21)10-4-5-14(29)15(7-10)35-3/h4-5,7,9,11-13,16-20,29H,6,8H2,1-3H3,(H,27,34)(H,32,33)/t11?,12?,13?,16-,17?,18?,19?,20?/m1/s1. The number of fused-ring (bicyclic) bond motifs is 9. The second kappa shape index (κ2) is 8.62. The first-order valence-electron chi connectivity index (χ1n) is 12.5. The number of aliphatic carboxylic acids is 1. The van der Waals surface area contributed by atoms with Gasteiger partial charge in [0.2, 0.25) is 11.8 Å². The molecule has 3 heterocycles. The minimum Gasteiger partial charge on any atom is -0.504 e. The van der Waals surface area contributed by atoms with Crippen molar-refractivity contribution in [3.05, 3.63) is 38.3 Å². The Balaban J connectivity index is 1.43. The maximum Gasteiger partial charge on any atom is 0.326 e. The molecule has 7 unspecified atom stereocenters. The summed E-state index contributed by atoms with van der Waals surface area (Å²) in [6.45, 7) is 3.76. The molecule has 1 saturated heterocycles.